The van der Waals surface area contributed by atoms with Crippen molar-refractivity contribution in [2.24, 2.45) is 0 Å². The molecule has 0 saturated heterocycles. The van der Waals surface area contributed by atoms with Crippen molar-refractivity contribution in [1.29, 1.82) is 0 Å². The summed E-state index contributed by atoms with van der Waals surface area (Å²) in [4.78, 5) is 11.5. The minimum absolute atomic E-state index is 0.226. The lowest BCUT2D eigenvalue weighted by molar-refractivity contribution is 0.0957. The average Bonchev–Trinajstić information content (AvgIpc) is 2.87. The first-order chi connectivity index (χ1) is 9.02. The Balaban J connectivity index is 2.37. The number of amides is 1. The number of nitrogens with zero attached hydrogens (tertiary/aromatic N) is 2. The summed E-state index contributed by atoms with van der Waals surface area (Å²) < 4.78 is 2.41. The molecule has 0 aliphatic rings. The molecule has 0 radical (unpaired) electrons. The number of nitrogens with one attached hydrogen (secondary N) is 1. The lowest BCUT2D eigenvalue weighted by Gasteiger charge is -2.09. The summed E-state index contributed by atoms with van der Waals surface area (Å²) in [7, 11) is 1.56. The molecule has 2 rings (SSSR count). The molecule has 19 heavy (non-hydrogen) atoms. The van der Waals surface area contributed by atoms with Gasteiger partial charge in [-0.05, 0) is 46.6 Å². The highest BCUT2D eigenvalue weighted by Gasteiger charge is 2.11. The highest BCUT2D eigenvalue weighted by molar-refractivity contribution is 9.10. The van der Waals surface area contributed by atoms with E-state index in [1.54, 1.807) is 30.9 Å². The Labute approximate surface area is 119 Å². The fourth-order valence-electron chi connectivity index (χ4n) is 1.68. The summed E-state index contributed by atoms with van der Waals surface area (Å²) >= 11 is 3.44. The van der Waals surface area contributed by atoms with Gasteiger partial charge in [0.2, 0.25) is 0 Å². The van der Waals surface area contributed by atoms with Crippen LogP contribution in [0, 0.1) is 0 Å². The van der Waals surface area contributed by atoms with Crippen molar-refractivity contribution in [3.05, 3.63) is 46.2 Å². The van der Waals surface area contributed by atoms with Crippen LogP contribution in [0.15, 0.2) is 34.9 Å². The van der Waals surface area contributed by atoms with Crippen LogP contribution in [0.3, 0.4) is 0 Å². The fraction of sp³-hybridized carbons (Fsp3) is 0.231. The highest BCUT2D eigenvalue weighted by Crippen LogP contribution is 2.25. The van der Waals surface area contributed by atoms with Gasteiger partial charge in [0, 0.05) is 17.7 Å². The third-order valence-corrected chi connectivity index (χ3v) is 3.38. The average molecular weight is 324 g/mol. The molecule has 1 heterocycles. The monoisotopic (exact) mass is 323 g/mol. The molecule has 1 atom stereocenters. The fourth-order valence-corrected chi connectivity index (χ4v) is 2.25. The maximum Gasteiger partial charge on any atom is 0.271 e. The zero-order valence-corrected chi connectivity index (χ0v) is 12.2. The molecule has 0 aliphatic carbocycles. The molecule has 0 spiro atoms. The first-order valence-electron chi connectivity index (χ1n) is 5.78. The van der Waals surface area contributed by atoms with E-state index in [-0.39, 0.29) is 5.91 Å². The predicted molar refractivity (Wildman–Crippen MR) is 75.3 cm³/mol. The summed E-state index contributed by atoms with van der Waals surface area (Å²) in [6.07, 6.45) is 1.19. The van der Waals surface area contributed by atoms with E-state index in [0.29, 0.717) is 5.69 Å². The Kier molecular flexibility index (Phi) is 4.01. The maximum atomic E-state index is 11.5. The van der Waals surface area contributed by atoms with E-state index >= 15 is 0 Å². The van der Waals surface area contributed by atoms with Crippen LogP contribution in [0.5, 0.6) is 0 Å². The number of benzene rings is 1. The van der Waals surface area contributed by atoms with Gasteiger partial charge >= 0.3 is 0 Å². The van der Waals surface area contributed by atoms with Crippen molar-refractivity contribution in [3.8, 4) is 5.69 Å². The molecule has 1 amide bonds. The number of rotatable bonds is 3. The summed E-state index contributed by atoms with van der Waals surface area (Å²) in [6.45, 7) is 1.71. The van der Waals surface area contributed by atoms with Crippen LogP contribution in [0.25, 0.3) is 5.69 Å². The number of hydrogen-bond donors (Lipinski definition) is 2. The molecule has 0 bridgehead atoms. The van der Waals surface area contributed by atoms with Gasteiger partial charge in [-0.2, -0.15) is 5.10 Å². The van der Waals surface area contributed by atoms with Gasteiger partial charge in [0.15, 0.2) is 5.69 Å². The molecule has 0 fully saturated rings. The van der Waals surface area contributed by atoms with Crippen molar-refractivity contribution >= 4 is 21.8 Å². The van der Waals surface area contributed by atoms with E-state index in [1.807, 2.05) is 18.2 Å². The maximum absolute atomic E-state index is 11.5. The van der Waals surface area contributed by atoms with Gasteiger partial charge in [-0.1, -0.05) is 6.07 Å². The molecule has 0 unspecified atom stereocenters. The topological polar surface area (TPSA) is 67.2 Å². The minimum atomic E-state index is -0.524. The summed E-state index contributed by atoms with van der Waals surface area (Å²) in [6, 6.07) is 7.15. The third-order valence-electron chi connectivity index (χ3n) is 2.75. The lowest BCUT2D eigenvalue weighted by Crippen LogP contribution is -2.18. The summed E-state index contributed by atoms with van der Waals surface area (Å²) in [5.41, 5.74) is 1.97. The Morgan fingerprint density at radius 3 is 2.79 bits per heavy atom. The largest absolute Gasteiger partial charge is 0.389 e. The zero-order chi connectivity index (χ0) is 14.0. The minimum Gasteiger partial charge on any atom is -0.389 e. The number of carbonyl (C=O) groups is 1. The van der Waals surface area contributed by atoms with Crippen LogP contribution in [0.2, 0.25) is 0 Å². The quantitative estimate of drug-likeness (QED) is 0.908. The SMILES string of the molecule is CNC(=O)c1ccn(-c2ccc([C@@H](C)O)cc2Br)n1. The zero-order valence-electron chi connectivity index (χ0n) is 10.6. The van der Waals surface area contributed by atoms with Gasteiger partial charge in [0.25, 0.3) is 5.91 Å². The summed E-state index contributed by atoms with van der Waals surface area (Å²) in [5.74, 6) is -0.226. The Hall–Kier alpha value is -1.66. The van der Waals surface area contributed by atoms with Crippen molar-refractivity contribution in [2.45, 2.75) is 13.0 Å². The second kappa shape index (κ2) is 5.54. The van der Waals surface area contributed by atoms with E-state index in [9.17, 15) is 9.90 Å². The lowest BCUT2D eigenvalue weighted by atomic mass is 10.1. The van der Waals surface area contributed by atoms with Crippen LogP contribution in [-0.4, -0.2) is 27.8 Å². The summed E-state index contributed by atoms with van der Waals surface area (Å²) in [5, 5.41) is 16.2. The molecule has 1 aromatic heterocycles. The smallest absolute Gasteiger partial charge is 0.271 e. The number of hydrogen-bond acceptors (Lipinski definition) is 3. The molecular formula is C13H14BrN3O2. The van der Waals surface area contributed by atoms with Crippen LogP contribution in [0.1, 0.15) is 29.1 Å². The molecule has 1 aromatic carbocycles. The second-order valence-corrected chi connectivity index (χ2v) is 4.97. The van der Waals surface area contributed by atoms with Gasteiger partial charge < -0.3 is 10.4 Å². The van der Waals surface area contributed by atoms with E-state index in [2.05, 4.69) is 26.3 Å². The van der Waals surface area contributed by atoms with Crippen LogP contribution < -0.4 is 5.32 Å². The number of aliphatic hydroxyl groups excluding tert-OH is 1. The highest BCUT2D eigenvalue weighted by atomic mass is 79.9. The van der Waals surface area contributed by atoms with Crippen LogP contribution in [-0.2, 0) is 0 Å². The predicted octanol–water partition coefficient (Wildman–Crippen LogP) is 2.05. The molecule has 5 nitrogen and oxygen atoms in total. The van der Waals surface area contributed by atoms with Crippen LogP contribution in [0.4, 0.5) is 0 Å². The first-order valence-corrected chi connectivity index (χ1v) is 6.58. The molecule has 0 saturated carbocycles. The molecular weight excluding hydrogens is 310 g/mol. The van der Waals surface area contributed by atoms with E-state index in [1.165, 1.54) is 0 Å². The van der Waals surface area contributed by atoms with Crippen molar-refractivity contribution in [3.63, 3.8) is 0 Å². The Morgan fingerprint density at radius 1 is 1.47 bits per heavy atom. The van der Waals surface area contributed by atoms with Crippen molar-refractivity contribution in [1.82, 2.24) is 15.1 Å². The Morgan fingerprint density at radius 2 is 2.21 bits per heavy atom. The van der Waals surface area contributed by atoms with Gasteiger partial charge in [-0.3, -0.25) is 4.79 Å². The van der Waals surface area contributed by atoms with Gasteiger partial charge in [-0.25, -0.2) is 4.68 Å². The number of carbonyl (C=O) groups excluding carboxylic acids is 1. The van der Waals surface area contributed by atoms with Gasteiger partial charge in [0.05, 0.1) is 11.8 Å². The standard InChI is InChI=1S/C13H14BrN3O2/c1-8(18)9-3-4-12(10(14)7-9)17-6-5-11(16-17)13(19)15-2/h3-8,18H,1-2H3,(H,15,19)/t8-/m1/s1. The molecule has 6 heteroatoms. The van der Waals surface area contributed by atoms with E-state index in [4.69, 9.17) is 0 Å². The van der Waals surface area contributed by atoms with Crippen LogP contribution >= 0.6 is 15.9 Å². The second-order valence-electron chi connectivity index (χ2n) is 4.11. The number of halogens is 1. The van der Waals surface area contributed by atoms with Gasteiger partial charge in [-0.15, -0.1) is 0 Å². The Bertz CT molecular complexity index is 608. The van der Waals surface area contributed by atoms with Crippen molar-refractivity contribution in [2.75, 3.05) is 7.05 Å². The van der Waals surface area contributed by atoms with Gasteiger partial charge in [0.1, 0.15) is 0 Å². The van der Waals surface area contributed by atoms with E-state index in [0.717, 1.165) is 15.7 Å². The number of aromatic nitrogens is 2. The first kappa shape index (κ1) is 13.8. The van der Waals surface area contributed by atoms with Crippen molar-refractivity contribution < 1.29 is 9.90 Å². The molecule has 100 valence electrons. The molecule has 2 N–H and O–H groups in total. The molecule has 0 aliphatic heterocycles. The number of aliphatic hydroxyl groups is 1. The van der Waals surface area contributed by atoms with E-state index < -0.39 is 6.10 Å². The normalized spacial score (nSPS) is 12.2. The third kappa shape index (κ3) is 2.85. The molecule has 2 aromatic rings.